The molecular weight excluding hydrogens is 242 g/mol. The Morgan fingerprint density at radius 2 is 1.95 bits per heavy atom. The number of hydrogen-bond donors (Lipinski definition) is 3. The minimum Gasteiger partial charge on any atom is -0.409 e. The number of amidine groups is 1. The van der Waals surface area contributed by atoms with Gasteiger partial charge in [0, 0.05) is 6.42 Å². The summed E-state index contributed by atoms with van der Waals surface area (Å²) in [6.07, 6.45) is 0.370. The SMILES string of the molecule is CC(C)(C)CC(=O)NC(/C(N)=N/O)c1ccccc1. The van der Waals surface area contributed by atoms with Gasteiger partial charge in [-0.2, -0.15) is 0 Å². The normalized spacial score (nSPS) is 13.9. The third kappa shape index (κ3) is 4.99. The molecule has 1 aromatic carbocycles. The fourth-order valence-electron chi connectivity index (χ4n) is 1.72. The van der Waals surface area contributed by atoms with E-state index in [9.17, 15) is 4.79 Å². The molecule has 1 unspecified atom stereocenters. The van der Waals surface area contributed by atoms with Crippen LogP contribution in [0.4, 0.5) is 0 Å². The lowest BCUT2D eigenvalue weighted by atomic mass is 9.91. The number of nitrogens with one attached hydrogen (secondary N) is 1. The van der Waals surface area contributed by atoms with Crippen molar-refractivity contribution < 1.29 is 10.0 Å². The maximum absolute atomic E-state index is 12.0. The van der Waals surface area contributed by atoms with Crippen molar-refractivity contribution in [3.8, 4) is 0 Å². The highest BCUT2D eigenvalue weighted by atomic mass is 16.4. The smallest absolute Gasteiger partial charge is 0.221 e. The topological polar surface area (TPSA) is 87.7 Å². The standard InChI is InChI=1S/C14H21N3O2/c1-14(2,3)9-11(18)16-12(13(15)17-19)10-7-5-4-6-8-10/h4-8,12,19H,9H2,1-3H3,(H2,15,17)(H,16,18). The zero-order valence-electron chi connectivity index (χ0n) is 11.6. The predicted molar refractivity (Wildman–Crippen MR) is 74.8 cm³/mol. The Bertz CT molecular complexity index is 450. The van der Waals surface area contributed by atoms with Crippen LogP contribution in [0.3, 0.4) is 0 Å². The molecule has 104 valence electrons. The zero-order valence-corrected chi connectivity index (χ0v) is 11.6. The molecule has 5 nitrogen and oxygen atoms in total. The Labute approximate surface area is 113 Å². The van der Waals surface area contributed by atoms with E-state index in [1.165, 1.54) is 0 Å². The average molecular weight is 263 g/mol. The summed E-state index contributed by atoms with van der Waals surface area (Å²) in [5, 5.41) is 14.6. The Morgan fingerprint density at radius 1 is 1.37 bits per heavy atom. The first-order valence-electron chi connectivity index (χ1n) is 6.15. The van der Waals surface area contributed by atoms with Crippen LogP contribution in [0.15, 0.2) is 35.5 Å². The number of amides is 1. The summed E-state index contributed by atoms with van der Waals surface area (Å²) in [4.78, 5) is 12.0. The van der Waals surface area contributed by atoms with E-state index in [2.05, 4.69) is 10.5 Å². The fourth-order valence-corrected chi connectivity index (χ4v) is 1.72. The van der Waals surface area contributed by atoms with Crippen LogP contribution in [0.5, 0.6) is 0 Å². The third-order valence-corrected chi connectivity index (χ3v) is 2.54. The maximum Gasteiger partial charge on any atom is 0.221 e. The van der Waals surface area contributed by atoms with E-state index < -0.39 is 6.04 Å². The second-order valence-corrected chi connectivity index (χ2v) is 5.67. The molecule has 0 heterocycles. The van der Waals surface area contributed by atoms with E-state index in [0.717, 1.165) is 5.56 Å². The molecule has 1 rings (SSSR count). The molecule has 0 aliphatic carbocycles. The number of carbonyl (C=O) groups excluding carboxylic acids is 1. The molecule has 19 heavy (non-hydrogen) atoms. The Hall–Kier alpha value is -2.04. The molecule has 0 radical (unpaired) electrons. The molecular formula is C14H21N3O2. The van der Waals surface area contributed by atoms with Crippen LogP contribution in [0.2, 0.25) is 0 Å². The van der Waals surface area contributed by atoms with Gasteiger partial charge in [0.2, 0.25) is 5.91 Å². The zero-order chi connectivity index (χ0) is 14.5. The van der Waals surface area contributed by atoms with E-state index in [1.807, 2.05) is 51.1 Å². The van der Waals surface area contributed by atoms with Crippen molar-refractivity contribution in [2.24, 2.45) is 16.3 Å². The van der Waals surface area contributed by atoms with Crippen molar-refractivity contribution in [2.75, 3.05) is 0 Å². The van der Waals surface area contributed by atoms with Crippen LogP contribution in [0.25, 0.3) is 0 Å². The van der Waals surface area contributed by atoms with Crippen LogP contribution >= 0.6 is 0 Å². The fraction of sp³-hybridized carbons (Fsp3) is 0.429. The van der Waals surface area contributed by atoms with E-state index in [4.69, 9.17) is 10.9 Å². The summed E-state index contributed by atoms with van der Waals surface area (Å²) in [6.45, 7) is 5.94. The van der Waals surface area contributed by atoms with E-state index >= 15 is 0 Å². The Morgan fingerprint density at radius 3 is 2.42 bits per heavy atom. The summed E-state index contributed by atoms with van der Waals surface area (Å²) in [5.41, 5.74) is 6.31. The van der Waals surface area contributed by atoms with E-state index in [1.54, 1.807) is 0 Å². The van der Waals surface area contributed by atoms with Crippen molar-refractivity contribution in [1.29, 1.82) is 0 Å². The number of hydrogen-bond acceptors (Lipinski definition) is 3. The van der Waals surface area contributed by atoms with Gasteiger partial charge in [-0.3, -0.25) is 4.79 Å². The predicted octanol–water partition coefficient (Wildman–Crippen LogP) is 2.03. The first kappa shape index (κ1) is 15.0. The number of carbonyl (C=O) groups is 1. The van der Waals surface area contributed by atoms with Gasteiger partial charge < -0.3 is 16.3 Å². The number of rotatable bonds is 4. The van der Waals surface area contributed by atoms with Gasteiger partial charge in [-0.15, -0.1) is 0 Å². The summed E-state index contributed by atoms with van der Waals surface area (Å²) < 4.78 is 0. The lowest BCUT2D eigenvalue weighted by molar-refractivity contribution is -0.123. The molecule has 0 spiro atoms. The second-order valence-electron chi connectivity index (χ2n) is 5.67. The average Bonchev–Trinajstić information content (AvgIpc) is 2.34. The Balaban J connectivity index is 2.86. The van der Waals surface area contributed by atoms with Gasteiger partial charge in [0.15, 0.2) is 5.84 Å². The molecule has 1 aromatic rings. The molecule has 0 saturated heterocycles. The molecule has 0 saturated carbocycles. The van der Waals surface area contributed by atoms with Crippen LogP contribution in [0, 0.1) is 5.41 Å². The first-order chi connectivity index (χ1) is 8.83. The summed E-state index contributed by atoms with van der Waals surface area (Å²) >= 11 is 0. The van der Waals surface area contributed by atoms with Gasteiger partial charge in [-0.05, 0) is 11.0 Å². The van der Waals surface area contributed by atoms with Gasteiger partial charge in [0.05, 0.1) is 0 Å². The first-order valence-corrected chi connectivity index (χ1v) is 6.15. The van der Waals surface area contributed by atoms with Gasteiger partial charge in [-0.1, -0.05) is 56.3 Å². The number of nitrogens with two attached hydrogens (primary N) is 1. The van der Waals surface area contributed by atoms with Gasteiger partial charge >= 0.3 is 0 Å². The third-order valence-electron chi connectivity index (χ3n) is 2.54. The molecule has 0 aliphatic rings. The quantitative estimate of drug-likeness (QED) is 0.336. The highest BCUT2D eigenvalue weighted by Crippen LogP contribution is 2.20. The van der Waals surface area contributed by atoms with Crippen molar-refractivity contribution in [3.63, 3.8) is 0 Å². The minimum absolute atomic E-state index is 0.0338. The van der Waals surface area contributed by atoms with Crippen LogP contribution in [-0.2, 0) is 4.79 Å². The summed E-state index contributed by atoms with van der Waals surface area (Å²) in [7, 11) is 0. The highest BCUT2D eigenvalue weighted by molar-refractivity contribution is 5.91. The van der Waals surface area contributed by atoms with E-state index in [0.29, 0.717) is 6.42 Å². The van der Waals surface area contributed by atoms with Crippen molar-refractivity contribution in [2.45, 2.75) is 33.2 Å². The monoisotopic (exact) mass is 263 g/mol. The van der Waals surface area contributed by atoms with E-state index in [-0.39, 0.29) is 17.2 Å². The molecule has 1 atom stereocenters. The van der Waals surface area contributed by atoms with Crippen LogP contribution in [-0.4, -0.2) is 17.0 Å². The second kappa shape index (κ2) is 6.22. The molecule has 5 heteroatoms. The van der Waals surface area contributed by atoms with Crippen LogP contribution < -0.4 is 11.1 Å². The van der Waals surface area contributed by atoms with Gasteiger partial charge in [0.1, 0.15) is 6.04 Å². The molecule has 0 bridgehead atoms. The Kier molecular flexibility index (Phi) is 4.92. The van der Waals surface area contributed by atoms with Crippen molar-refractivity contribution >= 4 is 11.7 Å². The maximum atomic E-state index is 12.0. The van der Waals surface area contributed by atoms with Gasteiger partial charge in [-0.25, -0.2) is 0 Å². The molecule has 0 aromatic heterocycles. The molecule has 0 fully saturated rings. The molecule has 4 N–H and O–H groups in total. The highest BCUT2D eigenvalue weighted by Gasteiger charge is 2.22. The summed E-state index contributed by atoms with van der Waals surface area (Å²) in [5.74, 6) is -0.165. The summed E-state index contributed by atoms with van der Waals surface area (Å²) in [6, 6.07) is 8.57. The minimum atomic E-state index is -0.610. The lowest BCUT2D eigenvalue weighted by Crippen LogP contribution is -2.39. The van der Waals surface area contributed by atoms with Crippen molar-refractivity contribution in [1.82, 2.24) is 5.32 Å². The largest absolute Gasteiger partial charge is 0.409 e. The van der Waals surface area contributed by atoms with Gasteiger partial charge in [0.25, 0.3) is 0 Å². The molecule has 0 aliphatic heterocycles. The lowest BCUT2D eigenvalue weighted by Gasteiger charge is -2.22. The van der Waals surface area contributed by atoms with Crippen molar-refractivity contribution in [3.05, 3.63) is 35.9 Å². The number of nitrogens with zero attached hydrogens (tertiary/aromatic N) is 1. The van der Waals surface area contributed by atoms with Crippen LogP contribution in [0.1, 0.15) is 38.8 Å². The number of benzene rings is 1. The number of oxime groups is 1. The molecule has 1 amide bonds.